The molecule has 10 aromatic rings. The predicted molar refractivity (Wildman–Crippen MR) is 592 cm³/mol. The van der Waals surface area contributed by atoms with Crippen molar-refractivity contribution in [2.24, 2.45) is 93.2 Å². The summed E-state index contributed by atoms with van der Waals surface area (Å²) in [5.41, 5.74) is 9.75. The highest BCUT2D eigenvalue weighted by molar-refractivity contribution is 5.26. The van der Waals surface area contributed by atoms with Crippen LogP contribution in [0.1, 0.15) is 541 Å². The Labute approximate surface area is 844 Å². The number of rotatable bonds is 31. The van der Waals surface area contributed by atoms with Crippen LogP contribution in [0.25, 0.3) is 0 Å². The Balaban J connectivity index is 0.000000762. The second kappa shape index (κ2) is 60.9. The Morgan fingerprint density at radius 2 is 0.482 bits per heavy atom. The zero-order valence-corrected chi connectivity index (χ0v) is 98.6. The predicted octanol–water partition coefficient (Wildman–Crippen LogP) is 43.0. The van der Waals surface area contributed by atoms with Gasteiger partial charge < -0.3 is 44.2 Å². The van der Waals surface area contributed by atoms with Gasteiger partial charge in [-0.05, 0) is 309 Å². The fourth-order valence-corrected chi connectivity index (χ4v) is 20.8. The standard InChI is InChI=1S/C15H26O.C14H24O.4C13H22O.2C12H20O.2C11H18O/c1-10(2)12-8-13(16-9-12)14(11(3)4)15(5,6)7;1-9(2)12-7-13(15-8-12)14(10(3)4)11(5)6;1-9(2)12(13(4,5)6)11-7-10(3)8-14-11;1-9(2)12(13(4,5)6)11-8-7-10(3)14-11;1-8(2)13(9(3)4)12-7-10(5)11(6)14-12;1-6-12(10(4)5)13-7-11(8-14-13)9(2)3;1-8(2)12(9(3)4)11-7-6-10(5)13-11;1-5-10-7-12(13-8-10)11(6-2)9(3)4;1-5-10(8(2)3)11-6-9(4)7-12-11;1-5-10(8(2)3)11-7-6-9(4)12-11/h8-11,14H,1-7H3;7-11,14H,1-6H3;2*7-9,12H,1-6H3;7-9,13H,1-6H3;7-10,12H,6H2,1-5H3;6-9,12H,1-5H3;7-9,11H,5-6H2,1-4H3;2*6-8,10H,5H2,1-4H3/t;;2*12-;;12-;;11-;2*10-/m..00.0.000/s1. The van der Waals surface area contributed by atoms with E-state index in [2.05, 4.69) is 406 Å². The van der Waals surface area contributed by atoms with Gasteiger partial charge in [-0.2, -0.15) is 0 Å². The first kappa shape index (κ1) is 128. The fourth-order valence-electron chi connectivity index (χ4n) is 20.8. The van der Waals surface area contributed by atoms with E-state index in [-0.39, 0.29) is 16.2 Å². The van der Waals surface area contributed by atoms with Crippen LogP contribution >= 0.6 is 0 Å². The smallest absolute Gasteiger partial charge is 0.108 e. The minimum atomic E-state index is 0.250. The molecule has 0 N–H and O–H groups in total. The Bertz CT molecular complexity index is 4540. The first-order valence-electron chi connectivity index (χ1n) is 54.0. The van der Waals surface area contributed by atoms with E-state index in [0.29, 0.717) is 154 Å². The van der Waals surface area contributed by atoms with Gasteiger partial charge in [-0.3, -0.25) is 0 Å². The lowest BCUT2D eigenvalue weighted by Crippen LogP contribution is -2.22. The summed E-state index contributed by atoms with van der Waals surface area (Å²) in [6.07, 6.45) is 17.0. The molecule has 1 unspecified atom stereocenters. The lowest BCUT2D eigenvalue weighted by Gasteiger charge is -2.32. The Hall–Kier alpha value is -7.20. The van der Waals surface area contributed by atoms with Crippen molar-refractivity contribution >= 4 is 0 Å². The lowest BCUT2D eigenvalue weighted by atomic mass is 9.73. The molecule has 0 saturated carbocycles. The van der Waals surface area contributed by atoms with E-state index in [1.165, 1.54) is 38.9 Å². The number of hydrogen-bond acceptors (Lipinski definition) is 10. The Morgan fingerprint density at radius 3 is 0.745 bits per heavy atom. The number of hydrogen-bond donors (Lipinski definition) is 0. The molecule has 0 saturated heterocycles. The summed E-state index contributed by atoms with van der Waals surface area (Å²) >= 11 is 0. The first-order valence-corrected chi connectivity index (χ1v) is 54.0. The monoisotopic (exact) mass is 1900 g/mol. The maximum atomic E-state index is 5.80. The summed E-state index contributed by atoms with van der Waals surface area (Å²) in [7, 11) is 0. The van der Waals surface area contributed by atoms with Gasteiger partial charge in [-0.15, -0.1) is 0 Å². The number of aryl methyl sites for hydroxylation is 8. The third-order valence-corrected chi connectivity index (χ3v) is 27.4. The van der Waals surface area contributed by atoms with Crippen LogP contribution in [0.4, 0.5) is 0 Å². The largest absolute Gasteiger partial charge is 0.469 e. The summed E-state index contributed by atoms with van der Waals surface area (Å²) in [5, 5.41) is 0. The second-order valence-electron chi connectivity index (χ2n) is 48.6. The molecule has 0 aliphatic heterocycles. The SMILES string of the molecule is CC(C)c1coc(C(C(C)C)C(C)(C)C)c1.CC(C)c1coc(C(C(C)C)C(C)C)c1.CC[C@H](c1cc(C(C)C)co1)C(C)C.CC[C@H](c1cc(C)co1)C(C)C.CC[C@H](c1ccc(C)o1)C(C)C.CCc1coc([C@@H](CC)C(C)C)c1.Cc1cc(C(C(C)C)C(C)C)oc1C.Cc1ccc(C(C(C)C)C(C)C)o1.Cc1ccc([C@H](C(C)C)C(C)(C)C)o1.Cc1coc([C@H](C(C)C)C(C)(C)C)c1. The molecule has 10 heteroatoms. The molecule has 0 radical (unpaired) electrons. The lowest BCUT2D eigenvalue weighted by molar-refractivity contribution is 0.222. The van der Waals surface area contributed by atoms with Gasteiger partial charge >= 0.3 is 0 Å². The van der Waals surface area contributed by atoms with Crippen LogP contribution in [0.5, 0.6) is 0 Å². The number of furan rings is 10. The van der Waals surface area contributed by atoms with E-state index in [0.717, 1.165) is 113 Å². The summed E-state index contributed by atoms with van der Waals surface area (Å²) in [5.74, 6) is 31.0. The highest BCUT2D eigenvalue weighted by Crippen LogP contribution is 2.46. The van der Waals surface area contributed by atoms with Gasteiger partial charge in [-0.25, -0.2) is 0 Å². The van der Waals surface area contributed by atoms with Crippen molar-refractivity contribution in [2.45, 2.75) is 476 Å². The molecule has 10 rings (SSSR count). The zero-order valence-electron chi connectivity index (χ0n) is 98.6. The molecular weight excluding hydrogens is 1690 g/mol. The summed E-state index contributed by atoms with van der Waals surface area (Å²) in [6, 6.07) is 27.9. The second-order valence-corrected chi connectivity index (χ2v) is 48.6. The van der Waals surface area contributed by atoms with Crippen LogP contribution in [0.3, 0.4) is 0 Å². The average Bonchev–Trinajstić information content (AvgIpc) is 1.71. The third kappa shape index (κ3) is 43.7. The Kier molecular flexibility index (Phi) is 56.8. The average molecular weight is 1900 g/mol. The van der Waals surface area contributed by atoms with Crippen molar-refractivity contribution in [1.82, 2.24) is 0 Å². The normalized spacial score (nSPS) is 13.6. The van der Waals surface area contributed by atoms with Gasteiger partial charge in [0.05, 0.1) is 37.6 Å². The first-order chi connectivity index (χ1) is 63.3. The van der Waals surface area contributed by atoms with Crippen LogP contribution in [-0.2, 0) is 6.42 Å². The van der Waals surface area contributed by atoms with Gasteiger partial charge in [0.25, 0.3) is 0 Å². The van der Waals surface area contributed by atoms with Crippen molar-refractivity contribution in [3.05, 3.63) is 236 Å². The van der Waals surface area contributed by atoms with Crippen molar-refractivity contribution in [3.63, 3.8) is 0 Å². The molecule has 7 atom stereocenters. The quantitative estimate of drug-likeness (QED) is 0.0414. The summed E-state index contributed by atoms with van der Waals surface area (Å²) in [4.78, 5) is 0. The molecule has 0 aliphatic rings. The minimum Gasteiger partial charge on any atom is -0.469 e. The Morgan fingerprint density at radius 1 is 0.226 bits per heavy atom. The van der Waals surface area contributed by atoms with Gasteiger partial charge in [-0.1, -0.05) is 318 Å². The van der Waals surface area contributed by atoms with Gasteiger partial charge in [0.1, 0.15) is 80.6 Å². The molecule has 10 heterocycles. The highest BCUT2D eigenvalue weighted by atomic mass is 16.4. The molecule has 0 amide bonds. The molecule has 0 spiro atoms. The maximum Gasteiger partial charge on any atom is 0.108 e. The van der Waals surface area contributed by atoms with Crippen molar-refractivity contribution in [1.29, 1.82) is 0 Å². The van der Waals surface area contributed by atoms with Crippen molar-refractivity contribution in [2.75, 3.05) is 0 Å². The maximum absolute atomic E-state index is 5.80. The molecule has 0 aromatic carbocycles. The molecule has 137 heavy (non-hydrogen) atoms. The minimum absolute atomic E-state index is 0.250. The molecule has 0 bridgehead atoms. The van der Waals surface area contributed by atoms with Crippen LogP contribution in [-0.4, -0.2) is 0 Å². The van der Waals surface area contributed by atoms with Crippen LogP contribution in [0.2, 0.25) is 0 Å². The van der Waals surface area contributed by atoms with E-state index < -0.39 is 0 Å². The van der Waals surface area contributed by atoms with Gasteiger partial charge in [0.2, 0.25) is 0 Å². The molecular formula is C127H214O10. The zero-order chi connectivity index (χ0) is 106. The molecule has 0 fully saturated rings. The van der Waals surface area contributed by atoms with E-state index in [1.54, 1.807) is 0 Å². The summed E-state index contributed by atoms with van der Waals surface area (Å²) < 4.78 is 56.6. The molecule has 10 aromatic heterocycles. The topological polar surface area (TPSA) is 131 Å². The molecule has 10 nitrogen and oxygen atoms in total. The van der Waals surface area contributed by atoms with Gasteiger partial charge in [0.15, 0.2) is 0 Å². The van der Waals surface area contributed by atoms with E-state index in [1.807, 2.05) is 77.4 Å². The van der Waals surface area contributed by atoms with Gasteiger partial charge in [0, 0.05) is 59.2 Å². The van der Waals surface area contributed by atoms with E-state index in [4.69, 9.17) is 44.2 Å². The van der Waals surface area contributed by atoms with E-state index in [9.17, 15) is 0 Å². The van der Waals surface area contributed by atoms with Crippen molar-refractivity contribution < 1.29 is 44.2 Å². The van der Waals surface area contributed by atoms with Crippen LogP contribution in [0, 0.1) is 142 Å². The third-order valence-electron chi connectivity index (χ3n) is 27.4. The fraction of sp³-hybridized carbons (Fsp3) is 0.685. The molecule has 782 valence electrons. The molecule has 0 aliphatic carbocycles. The van der Waals surface area contributed by atoms with E-state index >= 15 is 0 Å². The van der Waals surface area contributed by atoms with Crippen molar-refractivity contribution in [3.8, 4) is 0 Å². The van der Waals surface area contributed by atoms with Crippen LogP contribution in [0.15, 0.2) is 161 Å². The highest BCUT2D eigenvalue weighted by Gasteiger charge is 2.36. The summed E-state index contributed by atoms with van der Waals surface area (Å²) in [6.45, 7) is 118. The van der Waals surface area contributed by atoms with Crippen LogP contribution < -0.4 is 0 Å².